The number of benzene rings is 1. The number of nitrogen functional groups attached to an aromatic ring is 1. The molecule has 0 atom stereocenters. The second kappa shape index (κ2) is 3.77. The van der Waals surface area contributed by atoms with Crippen LogP contribution in [0.2, 0.25) is 0 Å². The van der Waals surface area contributed by atoms with Crippen molar-refractivity contribution in [2.45, 2.75) is 32.3 Å². The zero-order chi connectivity index (χ0) is 12.8. The summed E-state index contributed by atoms with van der Waals surface area (Å²) in [4.78, 5) is 0. The highest BCUT2D eigenvalue weighted by Gasteiger charge is 2.26. The third-order valence-corrected chi connectivity index (χ3v) is 3.35. The molecule has 0 bridgehead atoms. The van der Waals surface area contributed by atoms with Gasteiger partial charge in [0.05, 0.1) is 11.8 Å². The predicted octanol–water partition coefficient (Wildman–Crippen LogP) is 3.03. The molecular weight excluding hydrogens is 228 g/mol. The molecule has 0 saturated carbocycles. The van der Waals surface area contributed by atoms with Crippen molar-refractivity contribution in [1.29, 1.82) is 0 Å². The van der Waals surface area contributed by atoms with E-state index in [1.54, 1.807) is 6.20 Å². The first-order chi connectivity index (χ1) is 8.55. The lowest BCUT2D eigenvalue weighted by atomic mass is 9.92. The molecule has 0 radical (unpaired) electrons. The normalized spacial score (nSPS) is 17.0. The Morgan fingerprint density at radius 2 is 2.17 bits per heavy atom. The van der Waals surface area contributed by atoms with E-state index in [1.807, 2.05) is 12.1 Å². The molecular formula is C14H16N2O2. The number of hydrogen-bond acceptors (Lipinski definition) is 4. The van der Waals surface area contributed by atoms with Crippen LogP contribution in [-0.2, 0) is 6.42 Å². The van der Waals surface area contributed by atoms with Crippen molar-refractivity contribution in [3.05, 3.63) is 30.0 Å². The summed E-state index contributed by atoms with van der Waals surface area (Å²) >= 11 is 0. The molecule has 0 amide bonds. The first-order valence-corrected chi connectivity index (χ1v) is 6.08. The zero-order valence-corrected chi connectivity index (χ0v) is 10.6. The largest absolute Gasteiger partial charge is 0.488 e. The SMILES string of the molecule is CC1(C)CCc2cc(-c3cnoc3N)ccc2O1. The van der Waals surface area contributed by atoms with Crippen LogP contribution in [0, 0.1) is 0 Å². The molecule has 0 unspecified atom stereocenters. The molecule has 2 N–H and O–H groups in total. The van der Waals surface area contributed by atoms with Gasteiger partial charge in [-0.2, -0.15) is 0 Å². The van der Waals surface area contributed by atoms with Gasteiger partial charge in [0.1, 0.15) is 11.4 Å². The van der Waals surface area contributed by atoms with E-state index >= 15 is 0 Å². The standard InChI is InChI=1S/C14H16N2O2/c1-14(2)6-5-10-7-9(3-4-12(10)17-14)11-8-16-18-13(11)15/h3-4,7-8H,5-6,15H2,1-2H3. The molecule has 1 aliphatic heterocycles. The van der Waals surface area contributed by atoms with E-state index in [9.17, 15) is 0 Å². The summed E-state index contributed by atoms with van der Waals surface area (Å²) in [6.45, 7) is 4.23. The monoisotopic (exact) mass is 244 g/mol. The summed E-state index contributed by atoms with van der Waals surface area (Å²) in [6.07, 6.45) is 3.68. The molecule has 2 heterocycles. The second-order valence-electron chi connectivity index (χ2n) is 5.29. The van der Waals surface area contributed by atoms with Gasteiger partial charge in [-0.05, 0) is 49.9 Å². The number of nitrogens with two attached hydrogens (primary N) is 1. The van der Waals surface area contributed by atoms with Crippen LogP contribution < -0.4 is 10.5 Å². The molecule has 1 aliphatic rings. The van der Waals surface area contributed by atoms with Gasteiger partial charge in [0.15, 0.2) is 0 Å². The first kappa shape index (κ1) is 11.1. The third kappa shape index (κ3) is 1.83. The number of fused-ring (bicyclic) bond motifs is 1. The van der Waals surface area contributed by atoms with Gasteiger partial charge in [0.2, 0.25) is 5.88 Å². The fourth-order valence-electron chi connectivity index (χ4n) is 2.29. The molecule has 3 rings (SSSR count). The molecule has 1 aromatic carbocycles. The van der Waals surface area contributed by atoms with Crippen LogP contribution in [0.25, 0.3) is 11.1 Å². The number of aryl methyl sites for hydroxylation is 1. The van der Waals surface area contributed by atoms with Crippen LogP contribution in [-0.4, -0.2) is 10.8 Å². The van der Waals surface area contributed by atoms with Gasteiger partial charge in [0.25, 0.3) is 0 Å². The topological polar surface area (TPSA) is 61.3 Å². The van der Waals surface area contributed by atoms with Crippen molar-refractivity contribution in [3.8, 4) is 16.9 Å². The van der Waals surface area contributed by atoms with Crippen LogP contribution in [0.15, 0.2) is 28.9 Å². The van der Waals surface area contributed by atoms with Crippen LogP contribution in [0.1, 0.15) is 25.8 Å². The Kier molecular flexibility index (Phi) is 2.33. The van der Waals surface area contributed by atoms with Crippen LogP contribution in [0.3, 0.4) is 0 Å². The van der Waals surface area contributed by atoms with E-state index in [2.05, 4.69) is 25.1 Å². The minimum Gasteiger partial charge on any atom is -0.488 e. The molecule has 0 spiro atoms. The number of nitrogens with zero attached hydrogens (tertiary/aromatic N) is 1. The van der Waals surface area contributed by atoms with Gasteiger partial charge in [-0.25, -0.2) is 0 Å². The van der Waals surface area contributed by atoms with Gasteiger partial charge < -0.3 is 15.0 Å². The number of ether oxygens (including phenoxy) is 1. The van der Waals surface area contributed by atoms with Gasteiger partial charge in [-0.3, -0.25) is 0 Å². The zero-order valence-electron chi connectivity index (χ0n) is 10.6. The molecule has 18 heavy (non-hydrogen) atoms. The van der Waals surface area contributed by atoms with Crippen molar-refractivity contribution in [2.24, 2.45) is 0 Å². The number of rotatable bonds is 1. The number of aromatic nitrogens is 1. The van der Waals surface area contributed by atoms with Gasteiger partial charge in [0, 0.05) is 0 Å². The molecule has 4 heteroatoms. The molecule has 1 aromatic heterocycles. The maximum Gasteiger partial charge on any atom is 0.229 e. The van der Waals surface area contributed by atoms with Crippen molar-refractivity contribution < 1.29 is 9.26 Å². The lowest BCUT2D eigenvalue weighted by Gasteiger charge is -2.32. The number of anilines is 1. The third-order valence-electron chi connectivity index (χ3n) is 3.35. The van der Waals surface area contributed by atoms with Gasteiger partial charge >= 0.3 is 0 Å². The Labute approximate surface area is 106 Å². The Balaban J connectivity index is 2.01. The van der Waals surface area contributed by atoms with Gasteiger partial charge in [-0.1, -0.05) is 11.2 Å². The van der Waals surface area contributed by atoms with Crippen LogP contribution in [0.4, 0.5) is 5.88 Å². The highest BCUT2D eigenvalue weighted by Crippen LogP contribution is 2.36. The molecule has 94 valence electrons. The maximum atomic E-state index is 5.95. The Hall–Kier alpha value is -1.97. The van der Waals surface area contributed by atoms with E-state index in [0.29, 0.717) is 5.88 Å². The fraction of sp³-hybridized carbons (Fsp3) is 0.357. The van der Waals surface area contributed by atoms with E-state index in [4.69, 9.17) is 15.0 Å². The highest BCUT2D eigenvalue weighted by atomic mass is 16.5. The van der Waals surface area contributed by atoms with Crippen LogP contribution in [0.5, 0.6) is 5.75 Å². The van der Waals surface area contributed by atoms with E-state index in [1.165, 1.54) is 5.56 Å². The van der Waals surface area contributed by atoms with Gasteiger partial charge in [-0.15, -0.1) is 0 Å². The minimum absolute atomic E-state index is 0.0786. The second-order valence-corrected chi connectivity index (χ2v) is 5.29. The van der Waals surface area contributed by atoms with E-state index in [0.717, 1.165) is 29.7 Å². The summed E-state index contributed by atoms with van der Waals surface area (Å²) in [6, 6.07) is 6.09. The Bertz CT molecular complexity index is 587. The molecule has 0 fully saturated rings. The Morgan fingerprint density at radius 1 is 1.33 bits per heavy atom. The maximum absolute atomic E-state index is 5.95. The smallest absolute Gasteiger partial charge is 0.229 e. The predicted molar refractivity (Wildman–Crippen MR) is 69.4 cm³/mol. The lowest BCUT2D eigenvalue weighted by Crippen LogP contribution is -2.32. The highest BCUT2D eigenvalue weighted by molar-refractivity contribution is 5.73. The van der Waals surface area contributed by atoms with Crippen molar-refractivity contribution in [3.63, 3.8) is 0 Å². The Morgan fingerprint density at radius 3 is 2.89 bits per heavy atom. The molecule has 4 nitrogen and oxygen atoms in total. The summed E-state index contributed by atoms with van der Waals surface area (Å²) < 4.78 is 10.8. The van der Waals surface area contributed by atoms with Crippen molar-refractivity contribution in [1.82, 2.24) is 5.16 Å². The van der Waals surface area contributed by atoms with E-state index in [-0.39, 0.29) is 5.60 Å². The minimum atomic E-state index is -0.0786. The quantitative estimate of drug-likeness (QED) is 0.837. The van der Waals surface area contributed by atoms with E-state index < -0.39 is 0 Å². The summed E-state index contributed by atoms with van der Waals surface area (Å²) in [5.41, 5.74) is 8.73. The number of hydrogen-bond donors (Lipinski definition) is 1. The molecule has 2 aromatic rings. The first-order valence-electron chi connectivity index (χ1n) is 6.08. The molecule has 0 aliphatic carbocycles. The molecule has 0 saturated heterocycles. The fourth-order valence-corrected chi connectivity index (χ4v) is 2.29. The lowest BCUT2D eigenvalue weighted by molar-refractivity contribution is 0.0847. The summed E-state index contributed by atoms with van der Waals surface area (Å²) in [5.74, 6) is 1.32. The van der Waals surface area contributed by atoms with Crippen LogP contribution >= 0.6 is 0 Å². The van der Waals surface area contributed by atoms with Crippen molar-refractivity contribution >= 4 is 5.88 Å². The van der Waals surface area contributed by atoms with Crippen molar-refractivity contribution in [2.75, 3.05) is 5.73 Å². The summed E-state index contributed by atoms with van der Waals surface area (Å²) in [5, 5.41) is 3.70. The summed E-state index contributed by atoms with van der Waals surface area (Å²) in [7, 11) is 0. The average molecular weight is 244 g/mol. The average Bonchev–Trinajstić information content (AvgIpc) is 2.74.